The van der Waals surface area contributed by atoms with Gasteiger partial charge in [-0.3, -0.25) is 4.79 Å². The van der Waals surface area contributed by atoms with Gasteiger partial charge in [0.15, 0.2) is 6.29 Å². The number of hydrogen-bond acceptors (Lipinski definition) is 8. The molecule has 1 heterocycles. The van der Waals surface area contributed by atoms with Crippen LogP contribution in [0.2, 0.25) is 0 Å². The van der Waals surface area contributed by atoms with Crippen molar-refractivity contribution in [2.24, 2.45) is 0 Å². The molecule has 0 saturated carbocycles. The molecule has 1 rings (SSSR count). The molecule has 61 heavy (non-hydrogen) atoms. The molecule has 0 aromatic rings. The van der Waals surface area contributed by atoms with E-state index in [1.165, 1.54) is 186 Å². The number of carbonyl (C=O) groups is 1. The number of carbonyl (C=O) groups excluding carboxylic acids is 1. The summed E-state index contributed by atoms with van der Waals surface area (Å²) in [6.07, 6.45) is 45.7. The molecule has 0 aliphatic carbocycles. The molecule has 1 aliphatic rings. The van der Waals surface area contributed by atoms with Crippen LogP contribution in [0.3, 0.4) is 0 Å². The van der Waals surface area contributed by atoms with Crippen LogP contribution in [0.4, 0.5) is 0 Å². The van der Waals surface area contributed by atoms with Crippen molar-refractivity contribution in [3.8, 4) is 0 Å². The minimum Gasteiger partial charge on any atom is -0.394 e. The highest BCUT2D eigenvalue weighted by Gasteiger charge is 2.44. The molecule has 0 spiro atoms. The smallest absolute Gasteiger partial charge is 0.220 e. The SMILES string of the molecule is CCCCCCC/C=C/C(O)C(COC1OC(CO)C(O)C(O)C1O)NC(=O)CCCCCCCCCCCCCCCCCCCCC/C=C\CCCCCCCCCC. The van der Waals surface area contributed by atoms with Gasteiger partial charge in [0, 0.05) is 6.42 Å². The Hall–Kier alpha value is -1.33. The zero-order chi connectivity index (χ0) is 44.4. The minimum absolute atomic E-state index is 0.178. The van der Waals surface area contributed by atoms with Gasteiger partial charge >= 0.3 is 0 Å². The molecule has 7 unspecified atom stereocenters. The van der Waals surface area contributed by atoms with E-state index in [1.807, 2.05) is 6.08 Å². The minimum atomic E-state index is -1.56. The van der Waals surface area contributed by atoms with Gasteiger partial charge in [0.2, 0.25) is 5.91 Å². The molecule has 9 nitrogen and oxygen atoms in total. The van der Waals surface area contributed by atoms with E-state index in [1.54, 1.807) is 6.08 Å². The number of rotatable bonds is 44. The molecular weight excluding hydrogens is 767 g/mol. The summed E-state index contributed by atoms with van der Waals surface area (Å²) >= 11 is 0. The van der Waals surface area contributed by atoms with Crippen molar-refractivity contribution in [1.29, 1.82) is 0 Å². The Morgan fingerprint density at radius 3 is 1.33 bits per heavy atom. The lowest BCUT2D eigenvalue weighted by molar-refractivity contribution is -0.302. The van der Waals surface area contributed by atoms with Crippen molar-refractivity contribution in [3.05, 3.63) is 24.3 Å². The van der Waals surface area contributed by atoms with Crippen LogP contribution in [0, 0.1) is 0 Å². The third-order valence-corrected chi connectivity index (χ3v) is 12.5. The monoisotopic (exact) mass is 866 g/mol. The molecule has 0 bridgehead atoms. The number of nitrogens with one attached hydrogen (secondary N) is 1. The standard InChI is InChI=1S/C52H99NO8/c1-3-5-7-9-11-12-13-14-15-16-17-18-19-20-21-22-23-24-25-26-27-28-29-30-31-32-33-34-36-38-40-42-48(56)53-45(46(55)41-39-37-35-10-8-6-4-2)44-60-52-51(59)50(58)49(57)47(43-54)61-52/h16-17,39,41,45-47,49-52,54-55,57-59H,3-15,18-38,40,42-44H2,1-2H3,(H,53,56)/b17-16-,41-39+. The molecule has 1 fully saturated rings. The lowest BCUT2D eigenvalue weighted by Gasteiger charge is -2.40. The Labute approximate surface area is 375 Å². The molecule has 6 N–H and O–H groups in total. The third-order valence-electron chi connectivity index (χ3n) is 12.5. The Morgan fingerprint density at radius 1 is 0.541 bits per heavy atom. The zero-order valence-corrected chi connectivity index (χ0v) is 39.7. The maximum Gasteiger partial charge on any atom is 0.220 e. The van der Waals surface area contributed by atoms with Gasteiger partial charge in [0.1, 0.15) is 24.4 Å². The van der Waals surface area contributed by atoms with Crippen LogP contribution in [0.15, 0.2) is 24.3 Å². The van der Waals surface area contributed by atoms with E-state index in [0.717, 1.165) is 38.5 Å². The number of allylic oxidation sites excluding steroid dienone is 3. The van der Waals surface area contributed by atoms with E-state index in [2.05, 4.69) is 31.3 Å². The van der Waals surface area contributed by atoms with Crippen LogP contribution in [-0.2, 0) is 14.3 Å². The van der Waals surface area contributed by atoms with E-state index in [4.69, 9.17) is 9.47 Å². The summed E-state index contributed by atoms with van der Waals surface area (Å²) in [7, 11) is 0. The Bertz CT molecular complexity index is 1010. The second-order valence-electron chi connectivity index (χ2n) is 18.3. The molecular formula is C52H99NO8. The molecule has 0 aromatic heterocycles. The molecule has 360 valence electrons. The van der Waals surface area contributed by atoms with E-state index >= 15 is 0 Å². The first-order valence-corrected chi connectivity index (χ1v) is 26.1. The summed E-state index contributed by atoms with van der Waals surface area (Å²) in [5.41, 5.74) is 0. The van der Waals surface area contributed by atoms with Gasteiger partial charge in [-0.1, -0.05) is 218 Å². The summed E-state index contributed by atoms with van der Waals surface area (Å²) in [5.74, 6) is -0.178. The average Bonchev–Trinajstić information content (AvgIpc) is 3.26. The van der Waals surface area contributed by atoms with Crippen molar-refractivity contribution < 1.29 is 39.8 Å². The normalized spacial score (nSPS) is 20.5. The number of hydrogen-bond donors (Lipinski definition) is 6. The fourth-order valence-electron chi connectivity index (χ4n) is 8.33. The molecule has 0 radical (unpaired) electrons. The average molecular weight is 866 g/mol. The fraction of sp³-hybridized carbons (Fsp3) is 0.904. The summed E-state index contributed by atoms with van der Waals surface area (Å²) in [4.78, 5) is 12.9. The van der Waals surface area contributed by atoms with E-state index in [0.29, 0.717) is 6.42 Å². The number of aliphatic hydroxyl groups is 5. The van der Waals surface area contributed by atoms with Crippen LogP contribution >= 0.6 is 0 Å². The molecule has 9 heteroatoms. The van der Waals surface area contributed by atoms with E-state index in [9.17, 15) is 30.3 Å². The lowest BCUT2D eigenvalue weighted by atomic mass is 9.99. The van der Waals surface area contributed by atoms with Gasteiger partial charge in [-0.15, -0.1) is 0 Å². The molecule has 7 atom stereocenters. The van der Waals surface area contributed by atoms with Crippen molar-refractivity contribution in [2.75, 3.05) is 13.2 Å². The van der Waals surface area contributed by atoms with Crippen LogP contribution < -0.4 is 5.32 Å². The van der Waals surface area contributed by atoms with E-state index in [-0.39, 0.29) is 12.5 Å². The highest BCUT2D eigenvalue weighted by Crippen LogP contribution is 2.23. The summed E-state index contributed by atoms with van der Waals surface area (Å²) in [6, 6.07) is -0.798. The summed E-state index contributed by atoms with van der Waals surface area (Å²) < 4.78 is 11.2. The molecule has 1 aliphatic heterocycles. The van der Waals surface area contributed by atoms with Crippen molar-refractivity contribution in [2.45, 2.75) is 288 Å². The highest BCUT2D eigenvalue weighted by molar-refractivity contribution is 5.76. The van der Waals surface area contributed by atoms with Crippen LogP contribution in [-0.4, -0.2) is 87.5 Å². The number of unbranched alkanes of at least 4 members (excludes halogenated alkanes) is 32. The highest BCUT2D eigenvalue weighted by atomic mass is 16.7. The van der Waals surface area contributed by atoms with E-state index < -0.39 is 49.5 Å². The lowest BCUT2D eigenvalue weighted by Crippen LogP contribution is -2.60. The zero-order valence-electron chi connectivity index (χ0n) is 39.7. The van der Waals surface area contributed by atoms with Crippen LogP contribution in [0.5, 0.6) is 0 Å². The Kier molecular flexibility index (Phi) is 40.3. The second kappa shape index (κ2) is 42.6. The van der Waals surface area contributed by atoms with Gasteiger partial charge < -0.3 is 40.3 Å². The third kappa shape index (κ3) is 32.9. The maximum atomic E-state index is 12.9. The molecule has 0 aromatic carbocycles. The van der Waals surface area contributed by atoms with Crippen molar-refractivity contribution >= 4 is 5.91 Å². The number of aliphatic hydroxyl groups excluding tert-OH is 5. The maximum absolute atomic E-state index is 12.9. The molecule has 1 saturated heterocycles. The van der Waals surface area contributed by atoms with Crippen LogP contribution in [0.1, 0.15) is 245 Å². The van der Waals surface area contributed by atoms with Crippen molar-refractivity contribution in [3.63, 3.8) is 0 Å². The van der Waals surface area contributed by atoms with Gasteiger partial charge in [-0.25, -0.2) is 0 Å². The first-order valence-electron chi connectivity index (χ1n) is 26.1. The summed E-state index contributed by atoms with van der Waals surface area (Å²) in [5, 5.41) is 54.0. The largest absolute Gasteiger partial charge is 0.394 e. The van der Waals surface area contributed by atoms with Gasteiger partial charge in [0.25, 0.3) is 0 Å². The number of ether oxygens (including phenoxy) is 2. The molecule has 1 amide bonds. The predicted molar refractivity (Wildman–Crippen MR) is 253 cm³/mol. The first-order chi connectivity index (χ1) is 29.8. The van der Waals surface area contributed by atoms with Gasteiger partial charge in [0.05, 0.1) is 25.4 Å². The van der Waals surface area contributed by atoms with Gasteiger partial charge in [-0.05, 0) is 44.9 Å². The topological polar surface area (TPSA) is 149 Å². The summed E-state index contributed by atoms with van der Waals surface area (Å²) in [6.45, 7) is 3.72. The van der Waals surface area contributed by atoms with Crippen LogP contribution in [0.25, 0.3) is 0 Å². The quantitative estimate of drug-likeness (QED) is 0.0262. The first kappa shape index (κ1) is 57.7. The van der Waals surface area contributed by atoms with Crippen molar-refractivity contribution in [1.82, 2.24) is 5.32 Å². The Balaban J connectivity index is 2.05. The number of amides is 1. The fourth-order valence-corrected chi connectivity index (χ4v) is 8.33. The second-order valence-corrected chi connectivity index (χ2v) is 18.3. The van der Waals surface area contributed by atoms with Gasteiger partial charge in [-0.2, -0.15) is 0 Å². The predicted octanol–water partition coefficient (Wildman–Crippen LogP) is 11.8. The Morgan fingerprint density at radius 2 is 0.918 bits per heavy atom.